The van der Waals surface area contributed by atoms with E-state index in [-0.39, 0.29) is 35.6 Å². The highest BCUT2D eigenvalue weighted by molar-refractivity contribution is 9.10. The molecule has 3 aromatic heterocycles. The summed E-state index contributed by atoms with van der Waals surface area (Å²) < 4.78 is 2.49. The minimum atomic E-state index is -0.599. The van der Waals surface area contributed by atoms with Gasteiger partial charge in [-0.05, 0) is 103 Å². The SMILES string of the molecule is CC(=O)c1cn(CC(=O)N2[C@H](C(=O)Nc3nc(Br)ccc3C)C[C@@]3(C)CC[C@@H]23)c2c(C)cc(-c3cnc(C)nc3)cc12. The predicted octanol–water partition coefficient (Wildman–Crippen LogP) is 5.79. The lowest BCUT2D eigenvalue weighted by atomic mass is 9.66. The molecule has 1 N–H and O–H groups in total. The molecule has 2 fully saturated rings. The van der Waals surface area contributed by atoms with Gasteiger partial charge in [0.15, 0.2) is 5.78 Å². The van der Waals surface area contributed by atoms with Crippen molar-refractivity contribution in [3.8, 4) is 11.1 Å². The van der Waals surface area contributed by atoms with Crippen molar-refractivity contribution >= 4 is 50.2 Å². The van der Waals surface area contributed by atoms with Crippen LogP contribution in [0.5, 0.6) is 0 Å². The molecule has 1 saturated carbocycles. The lowest BCUT2D eigenvalue weighted by Gasteiger charge is -2.44. The monoisotopic (exact) mass is 628 g/mol. The molecule has 1 saturated heterocycles. The van der Waals surface area contributed by atoms with Gasteiger partial charge in [0.2, 0.25) is 11.8 Å². The summed E-state index contributed by atoms with van der Waals surface area (Å²) >= 11 is 3.38. The number of aryl methyl sites for hydroxylation is 3. The Kier molecular flexibility index (Phi) is 7.00. The lowest BCUT2D eigenvalue weighted by Crippen LogP contribution is -2.52. The summed E-state index contributed by atoms with van der Waals surface area (Å²) in [4.78, 5) is 55.3. The van der Waals surface area contributed by atoms with Gasteiger partial charge in [-0.25, -0.2) is 15.0 Å². The molecule has 6 rings (SSSR count). The molecule has 10 heteroatoms. The molecule has 0 unspecified atom stereocenters. The Morgan fingerprint density at radius 1 is 1.07 bits per heavy atom. The van der Waals surface area contributed by atoms with Gasteiger partial charge in [0, 0.05) is 41.1 Å². The van der Waals surface area contributed by atoms with Crippen LogP contribution < -0.4 is 5.32 Å². The Morgan fingerprint density at radius 3 is 2.48 bits per heavy atom. The van der Waals surface area contributed by atoms with Gasteiger partial charge in [0.25, 0.3) is 0 Å². The largest absolute Gasteiger partial charge is 0.337 e. The summed E-state index contributed by atoms with van der Waals surface area (Å²) in [6.45, 7) is 9.44. The van der Waals surface area contributed by atoms with Gasteiger partial charge in [-0.3, -0.25) is 14.4 Å². The Morgan fingerprint density at radius 2 is 1.81 bits per heavy atom. The maximum atomic E-state index is 14.1. The van der Waals surface area contributed by atoms with Crippen molar-refractivity contribution in [1.29, 1.82) is 0 Å². The van der Waals surface area contributed by atoms with Gasteiger partial charge in [-0.1, -0.05) is 13.0 Å². The van der Waals surface area contributed by atoms with Gasteiger partial charge >= 0.3 is 0 Å². The normalized spacial score (nSPS) is 21.2. The third kappa shape index (κ3) is 4.81. The topological polar surface area (TPSA) is 110 Å². The number of amides is 2. The van der Waals surface area contributed by atoms with E-state index in [1.54, 1.807) is 23.5 Å². The molecular formula is C32H33BrN6O3. The lowest BCUT2D eigenvalue weighted by molar-refractivity contribution is -0.141. The molecular weight excluding hydrogens is 596 g/mol. The van der Waals surface area contributed by atoms with E-state index in [1.807, 2.05) is 49.6 Å². The number of halogens is 1. The molecule has 0 spiro atoms. The first-order chi connectivity index (χ1) is 19.9. The molecule has 0 radical (unpaired) electrons. The Hall–Kier alpha value is -3.92. The highest BCUT2D eigenvalue weighted by Crippen LogP contribution is 2.54. The number of nitrogens with one attached hydrogen (secondary N) is 1. The van der Waals surface area contributed by atoms with E-state index in [0.717, 1.165) is 46.0 Å². The van der Waals surface area contributed by atoms with Crippen LogP contribution in [-0.4, -0.2) is 54.1 Å². The van der Waals surface area contributed by atoms with Crippen LogP contribution in [0.1, 0.15) is 60.4 Å². The minimum absolute atomic E-state index is 0.000608. The van der Waals surface area contributed by atoms with Crippen LogP contribution in [0.4, 0.5) is 5.82 Å². The number of likely N-dealkylation sites (tertiary alicyclic amines) is 1. The van der Waals surface area contributed by atoms with E-state index in [0.29, 0.717) is 28.2 Å². The van der Waals surface area contributed by atoms with Gasteiger partial charge in [-0.15, -0.1) is 0 Å². The third-order valence-electron chi connectivity index (χ3n) is 8.98. The van der Waals surface area contributed by atoms with Crippen LogP contribution in [0.15, 0.2) is 47.5 Å². The maximum absolute atomic E-state index is 14.1. The van der Waals surface area contributed by atoms with E-state index < -0.39 is 6.04 Å². The summed E-state index contributed by atoms with van der Waals surface area (Å²) in [6, 6.07) is 7.12. The summed E-state index contributed by atoms with van der Waals surface area (Å²) in [6.07, 6.45) is 7.77. The van der Waals surface area contributed by atoms with Gasteiger partial charge in [0.05, 0.1) is 5.52 Å². The quantitative estimate of drug-likeness (QED) is 0.214. The highest BCUT2D eigenvalue weighted by atomic mass is 79.9. The molecule has 1 aromatic carbocycles. The first-order valence-corrected chi connectivity index (χ1v) is 14.9. The van der Waals surface area contributed by atoms with Crippen LogP contribution in [-0.2, 0) is 16.1 Å². The van der Waals surface area contributed by atoms with E-state index in [1.165, 1.54) is 6.92 Å². The number of aromatic nitrogens is 4. The number of pyridine rings is 1. The molecule has 3 atom stereocenters. The average Bonchev–Trinajstić information content (AvgIpc) is 3.40. The number of nitrogens with zero attached hydrogens (tertiary/aromatic N) is 5. The number of benzene rings is 1. The van der Waals surface area contributed by atoms with Crippen molar-refractivity contribution in [1.82, 2.24) is 24.4 Å². The fourth-order valence-electron chi connectivity index (χ4n) is 6.63. The molecule has 216 valence electrons. The number of ketones is 1. The van der Waals surface area contributed by atoms with E-state index in [2.05, 4.69) is 43.1 Å². The molecule has 9 nitrogen and oxygen atoms in total. The minimum Gasteiger partial charge on any atom is -0.337 e. The highest BCUT2D eigenvalue weighted by Gasteiger charge is 2.58. The predicted molar refractivity (Wildman–Crippen MR) is 164 cm³/mol. The van der Waals surface area contributed by atoms with E-state index >= 15 is 0 Å². The number of carbonyl (C=O) groups is 3. The summed E-state index contributed by atoms with van der Waals surface area (Å²) in [5.74, 6) is 0.731. The third-order valence-corrected chi connectivity index (χ3v) is 9.42. The van der Waals surface area contributed by atoms with Gasteiger partial charge in [-0.2, -0.15) is 0 Å². The van der Waals surface area contributed by atoms with Gasteiger partial charge < -0.3 is 14.8 Å². The molecule has 42 heavy (non-hydrogen) atoms. The Labute approximate surface area is 252 Å². The molecule has 4 heterocycles. The number of Topliss-reactive ketones (excluding diaryl/α,β-unsaturated/α-hetero) is 1. The maximum Gasteiger partial charge on any atom is 0.248 e. The van der Waals surface area contributed by atoms with Crippen LogP contribution in [0.2, 0.25) is 0 Å². The van der Waals surface area contributed by atoms with Crippen LogP contribution in [0, 0.1) is 26.2 Å². The molecule has 4 aromatic rings. The van der Waals surface area contributed by atoms with Crippen LogP contribution in [0.25, 0.3) is 22.0 Å². The van der Waals surface area contributed by atoms with Gasteiger partial charge in [0.1, 0.15) is 28.8 Å². The number of anilines is 1. The van der Waals surface area contributed by atoms with Crippen molar-refractivity contribution in [2.45, 2.75) is 72.5 Å². The molecule has 0 bridgehead atoms. The Bertz CT molecular complexity index is 1760. The second-order valence-corrected chi connectivity index (χ2v) is 12.8. The zero-order valence-corrected chi connectivity index (χ0v) is 25.9. The number of fused-ring (bicyclic) bond motifs is 2. The number of hydrogen-bond donors (Lipinski definition) is 1. The second kappa shape index (κ2) is 10.4. The number of rotatable bonds is 6. The molecule has 1 aliphatic carbocycles. The summed E-state index contributed by atoms with van der Waals surface area (Å²) in [5.41, 5.74) is 4.83. The van der Waals surface area contributed by atoms with E-state index in [4.69, 9.17) is 0 Å². The molecule has 2 aliphatic rings. The first kappa shape index (κ1) is 28.2. The Balaban J connectivity index is 1.33. The number of carbonyl (C=O) groups excluding carboxylic acids is 3. The van der Waals surface area contributed by atoms with E-state index in [9.17, 15) is 14.4 Å². The zero-order valence-electron chi connectivity index (χ0n) is 24.4. The fourth-order valence-corrected chi connectivity index (χ4v) is 6.94. The number of hydrogen-bond acceptors (Lipinski definition) is 6. The first-order valence-electron chi connectivity index (χ1n) is 14.1. The zero-order chi connectivity index (χ0) is 29.9. The van der Waals surface area contributed by atoms with Crippen molar-refractivity contribution in [3.05, 3.63) is 70.0 Å². The molecule has 1 aliphatic heterocycles. The average molecular weight is 630 g/mol. The van der Waals surface area contributed by atoms with Crippen molar-refractivity contribution < 1.29 is 14.4 Å². The smallest absolute Gasteiger partial charge is 0.248 e. The van der Waals surface area contributed by atoms with Crippen molar-refractivity contribution in [2.75, 3.05) is 5.32 Å². The summed E-state index contributed by atoms with van der Waals surface area (Å²) in [5, 5.41) is 3.76. The van der Waals surface area contributed by atoms with Crippen LogP contribution >= 0.6 is 15.9 Å². The molecule has 2 amide bonds. The van der Waals surface area contributed by atoms with Crippen LogP contribution in [0.3, 0.4) is 0 Å². The standard InChI is InChI=1S/C32H33BrN6O3/c1-17-6-7-27(33)36-30(17)37-31(42)25-12-32(5)9-8-26(32)39(25)28(41)16-38-15-24(19(3)40)23-11-21(10-18(2)29(23)38)22-13-34-20(4)35-14-22/h6-7,10-11,13-15,25-26H,8-9,12,16H2,1-5H3,(H,36,37,42)/t25-,26+,32+/m0/s1. The summed E-state index contributed by atoms with van der Waals surface area (Å²) in [7, 11) is 0. The van der Waals surface area contributed by atoms with Crippen molar-refractivity contribution in [2.24, 2.45) is 5.41 Å². The van der Waals surface area contributed by atoms with Crippen molar-refractivity contribution in [3.63, 3.8) is 0 Å². The second-order valence-electron chi connectivity index (χ2n) is 12.0. The fraction of sp³-hybridized carbons (Fsp3) is 0.375.